The van der Waals surface area contributed by atoms with Gasteiger partial charge in [0.05, 0.1) is 13.1 Å². The molecule has 0 saturated carbocycles. The highest BCUT2D eigenvalue weighted by molar-refractivity contribution is 5.78. The number of para-hydroxylation sites is 1. The van der Waals surface area contributed by atoms with E-state index >= 15 is 0 Å². The van der Waals surface area contributed by atoms with Gasteiger partial charge in [-0.2, -0.15) is 0 Å². The molecule has 2 aliphatic rings. The first kappa shape index (κ1) is 20.6. The van der Waals surface area contributed by atoms with Crippen molar-refractivity contribution in [2.24, 2.45) is 5.92 Å². The monoisotopic (exact) mass is 387 g/mol. The summed E-state index contributed by atoms with van der Waals surface area (Å²) in [5.74, 6) is 0.697. The predicted octanol–water partition coefficient (Wildman–Crippen LogP) is 0.383. The number of benzene rings is 1. The number of nitrogens with one attached hydrogen (secondary N) is 2. The highest BCUT2D eigenvalue weighted by Gasteiger charge is 2.24. The summed E-state index contributed by atoms with van der Waals surface area (Å²) in [5.41, 5.74) is 1.27. The molecule has 2 heterocycles. The molecule has 2 N–H and O–H groups in total. The number of nitrogens with zero attached hydrogens (tertiary/aromatic N) is 3. The Hall–Kier alpha value is -2.12. The van der Waals surface area contributed by atoms with Crippen molar-refractivity contribution < 1.29 is 9.59 Å². The highest BCUT2D eigenvalue weighted by Crippen LogP contribution is 2.22. The van der Waals surface area contributed by atoms with Gasteiger partial charge in [-0.25, -0.2) is 0 Å². The summed E-state index contributed by atoms with van der Waals surface area (Å²) >= 11 is 0. The van der Waals surface area contributed by atoms with Crippen molar-refractivity contribution in [3.05, 3.63) is 30.3 Å². The van der Waals surface area contributed by atoms with Gasteiger partial charge in [-0.05, 0) is 31.4 Å². The second-order valence-electron chi connectivity index (χ2n) is 7.75. The van der Waals surface area contributed by atoms with Crippen LogP contribution >= 0.6 is 0 Å². The van der Waals surface area contributed by atoms with E-state index in [0.717, 1.165) is 52.2 Å². The Morgan fingerprint density at radius 1 is 0.929 bits per heavy atom. The first-order chi connectivity index (χ1) is 13.6. The van der Waals surface area contributed by atoms with Crippen LogP contribution in [0, 0.1) is 5.92 Å². The zero-order valence-electron chi connectivity index (χ0n) is 16.9. The lowest BCUT2D eigenvalue weighted by Gasteiger charge is -2.33. The Morgan fingerprint density at radius 2 is 1.54 bits per heavy atom. The smallest absolute Gasteiger partial charge is 0.234 e. The van der Waals surface area contributed by atoms with E-state index in [0.29, 0.717) is 25.6 Å². The van der Waals surface area contributed by atoms with Crippen molar-refractivity contribution in [3.8, 4) is 0 Å². The fourth-order valence-corrected chi connectivity index (χ4v) is 3.95. The van der Waals surface area contributed by atoms with Crippen molar-refractivity contribution in [1.82, 2.24) is 20.4 Å². The molecule has 0 aromatic heterocycles. The second kappa shape index (κ2) is 10.4. The van der Waals surface area contributed by atoms with E-state index in [1.54, 1.807) is 0 Å². The van der Waals surface area contributed by atoms with Gasteiger partial charge in [-0.3, -0.25) is 19.4 Å². The molecule has 7 heteroatoms. The van der Waals surface area contributed by atoms with Crippen molar-refractivity contribution >= 4 is 17.5 Å². The van der Waals surface area contributed by atoms with Gasteiger partial charge in [0.1, 0.15) is 0 Å². The third kappa shape index (κ3) is 6.21. The molecule has 1 aromatic rings. The summed E-state index contributed by atoms with van der Waals surface area (Å²) in [7, 11) is 0. The number of piperazine rings is 1. The molecule has 0 spiro atoms. The quantitative estimate of drug-likeness (QED) is 0.675. The minimum absolute atomic E-state index is 0.0785. The SMILES string of the molecule is CCNC(=O)CN1CCN(CC(=O)NCC2CCN(c3ccccc3)C2)CC1. The molecule has 0 bridgehead atoms. The minimum atomic E-state index is 0.0785. The predicted molar refractivity (Wildman–Crippen MR) is 111 cm³/mol. The Morgan fingerprint density at radius 3 is 2.14 bits per heavy atom. The number of rotatable bonds is 8. The zero-order chi connectivity index (χ0) is 19.8. The number of carbonyl (C=O) groups excluding carboxylic acids is 2. The van der Waals surface area contributed by atoms with Gasteiger partial charge < -0.3 is 15.5 Å². The average Bonchev–Trinajstić information content (AvgIpc) is 3.18. The normalized spacial score (nSPS) is 20.9. The number of hydrogen-bond donors (Lipinski definition) is 2. The van der Waals surface area contributed by atoms with E-state index in [2.05, 4.69) is 49.6 Å². The molecule has 1 atom stereocenters. The third-order valence-electron chi connectivity index (χ3n) is 5.57. The van der Waals surface area contributed by atoms with E-state index in [4.69, 9.17) is 0 Å². The summed E-state index contributed by atoms with van der Waals surface area (Å²) < 4.78 is 0. The molecule has 1 unspecified atom stereocenters. The summed E-state index contributed by atoms with van der Waals surface area (Å²) in [6, 6.07) is 10.5. The van der Waals surface area contributed by atoms with Gasteiger partial charge in [0.15, 0.2) is 0 Å². The van der Waals surface area contributed by atoms with Crippen LogP contribution in [-0.4, -0.2) is 87.1 Å². The molecule has 2 saturated heterocycles. The summed E-state index contributed by atoms with van der Waals surface area (Å²) in [5, 5.41) is 5.95. The minimum Gasteiger partial charge on any atom is -0.371 e. The molecular formula is C21H33N5O2. The Labute approximate surface area is 168 Å². The van der Waals surface area contributed by atoms with Gasteiger partial charge in [0.25, 0.3) is 0 Å². The van der Waals surface area contributed by atoms with Gasteiger partial charge in [0.2, 0.25) is 11.8 Å². The van der Waals surface area contributed by atoms with Crippen LogP contribution in [0.3, 0.4) is 0 Å². The van der Waals surface area contributed by atoms with Crippen molar-refractivity contribution in [3.63, 3.8) is 0 Å². The molecule has 0 aliphatic carbocycles. The molecule has 1 aromatic carbocycles. The largest absolute Gasteiger partial charge is 0.371 e. The van der Waals surface area contributed by atoms with Crippen molar-refractivity contribution in [1.29, 1.82) is 0 Å². The third-order valence-corrected chi connectivity index (χ3v) is 5.57. The molecule has 2 aliphatic heterocycles. The van der Waals surface area contributed by atoms with Crippen LogP contribution in [0.15, 0.2) is 30.3 Å². The van der Waals surface area contributed by atoms with Crippen LogP contribution in [0.4, 0.5) is 5.69 Å². The number of likely N-dealkylation sites (N-methyl/N-ethyl adjacent to an activating group) is 1. The van der Waals surface area contributed by atoms with Gasteiger partial charge in [-0.15, -0.1) is 0 Å². The van der Waals surface area contributed by atoms with E-state index in [9.17, 15) is 9.59 Å². The maximum absolute atomic E-state index is 12.3. The number of carbonyl (C=O) groups is 2. The Kier molecular flexibility index (Phi) is 7.68. The molecule has 2 amide bonds. The molecule has 154 valence electrons. The summed E-state index contributed by atoms with van der Waals surface area (Å²) in [6.07, 6.45) is 1.12. The topological polar surface area (TPSA) is 67.9 Å². The van der Waals surface area contributed by atoms with E-state index < -0.39 is 0 Å². The molecule has 2 fully saturated rings. The standard InChI is InChI=1S/C21H33N5O2/c1-2-22-20(27)16-24-10-12-25(13-11-24)17-21(28)23-14-18-8-9-26(15-18)19-6-4-3-5-7-19/h3-7,18H,2,8-17H2,1H3,(H,22,27)(H,23,28). The lowest BCUT2D eigenvalue weighted by molar-refractivity contribution is -0.125. The van der Waals surface area contributed by atoms with Crippen LogP contribution in [0.25, 0.3) is 0 Å². The molecule has 7 nitrogen and oxygen atoms in total. The fourth-order valence-electron chi connectivity index (χ4n) is 3.95. The number of hydrogen-bond acceptors (Lipinski definition) is 5. The van der Waals surface area contributed by atoms with E-state index in [1.165, 1.54) is 5.69 Å². The van der Waals surface area contributed by atoms with Crippen LogP contribution in [0.2, 0.25) is 0 Å². The van der Waals surface area contributed by atoms with E-state index in [1.807, 2.05) is 13.0 Å². The Balaban J connectivity index is 1.31. The molecule has 3 rings (SSSR count). The fraction of sp³-hybridized carbons (Fsp3) is 0.619. The number of anilines is 1. The second-order valence-corrected chi connectivity index (χ2v) is 7.75. The zero-order valence-corrected chi connectivity index (χ0v) is 16.9. The highest BCUT2D eigenvalue weighted by atomic mass is 16.2. The maximum atomic E-state index is 12.3. The lowest BCUT2D eigenvalue weighted by atomic mass is 10.1. The molecule has 28 heavy (non-hydrogen) atoms. The van der Waals surface area contributed by atoms with Crippen LogP contribution in [-0.2, 0) is 9.59 Å². The Bertz CT molecular complexity index is 631. The summed E-state index contributed by atoms with van der Waals surface area (Å²) in [6.45, 7) is 9.63. The van der Waals surface area contributed by atoms with Crippen LogP contribution in [0.1, 0.15) is 13.3 Å². The first-order valence-corrected chi connectivity index (χ1v) is 10.4. The molecular weight excluding hydrogens is 354 g/mol. The lowest BCUT2D eigenvalue weighted by Crippen LogP contribution is -2.51. The number of amides is 2. The van der Waals surface area contributed by atoms with Crippen molar-refractivity contribution in [2.45, 2.75) is 13.3 Å². The summed E-state index contributed by atoms with van der Waals surface area (Å²) in [4.78, 5) is 30.7. The van der Waals surface area contributed by atoms with Gasteiger partial charge >= 0.3 is 0 Å². The van der Waals surface area contributed by atoms with Gasteiger partial charge in [-0.1, -0.05) is 18.2 Å². The van der Waals surface area contributed by atoms with Crippen LogP contribution in [0.5, 0.6) is 0 Å². The maximum Gasteiger partial charge on any atom is 0.234 e. The van der Waals surface area contributed by atoms with E-state index in [-0.39, 0.29) is 11.8 Å². The van der Waals surface area contributed by atoms with Crippen molar-refractivity contribution in [2.75, 3.05) is 70.3 Å². The molecule has 0 radical (unpaired) electrons. The average molecular weight is 388 g/mol. The van der Waals surface area contributed by atoms with Crippen LogP contribution < -0.4 is 15.5 Å². The first-order valence-electron chi connectivity index (χ1n) is 10.4. The van der Waals surface area contributed by atoms with Gasteiger partial charge in [0, 0.05) is 58.0 Å².